The molecule has 1 amide bonds. The summed E-state index contributed by atoms with van der Waals surface area (Å²) in [6, 6.07) is 17.6. The van der Waals surface area contributed by atoms with Crippen LogP contribution in [0.5, 0.6) is 0 Å². The Balaban J connectivity index is 1.69. The van der Waals surface area contributed by atoms with E-state index in [-0.39, 0.29) is 12.5 Å². The molecule has 6 heteroatoms. The Morgan fingerprint density at radius 1 is 1.00 bits per heavy atom. The number of pyridine rings is 1. The van der Waals surface area contributed by atoms with Gasteiger partial charge >= 0.3 is 0 Å². The standard InChI is InChI=1S/C22H22N2O3S/c1-28-19-8-6-17(7-9-19)21(26)20(14-25)24-22(27)18-4-2-15(3-5-18)16-10-12-23-13-11-16/h2-13,20-21,25-26H,14H2,1H3,(H,24,27)/t20-,21+/m0/s1. The van der Waals surface area contributed by atoms with Crippen LogP contribution in [0.2, 0.25) is 0 Å². The molecule has 2 atom stereocenters. The molecule has 5 nitrogen and oxygen atoms in total. The van der Waals surface area contributed by atoms with Gasteiger partial charge in [-0.1, -0.05) is 24.3 Å². The van der Waals surface area contributed by atoms with E-state index in [4.69, 9.17) is 0 Å². The van der Waals surface area contributed by atoms with Gasteiger partial charge in [0.25, 0.3) is 5.91 Å². The molecule has 0 bridgehead atoms. The SMILES string of the molecule is CSc1ccc([C@@H](O)[C@H](CO)NC(=O)c2ccc(-c3ccncc3)cc2)cc1. The number of nitrogens with one attached hydrogen (secondary N) is 1. The molecule has 3 aromatic rings. The second-order valence-electron chi connectivity index (χ2n) is 6.29. The van der Waals surface area contributed by atoms with Crippen LogP contribution in [-0.4, -0.2) is 40.0 Å². The monoisotopic (exact) mass is 394 g/mol. The first-order chi connectivity index (χ1) is 13.6. The van der Waals surface area contributed by atoms with Crippen molar-refractivity contribution >= 4 is 17.7 Å². The molecule has 0 radical (unpaired) electrons. The van der Waals surface area contributed by atoms with Crippen molar-refractivity contribution in [2.75, 3.05) is 12.9 Å². The van der Waals surface area contributed by atoms with Gasteiger partial charge in [-0.3, -0.25) is 9.78 Å². The van der Waals surface area contributed by atoms with E-state index in [1.165, 1.54) is 0 Å². The number of carbonyl (C=O) groups excluding carboxylic acids is 1. The molecule has 0 spiro atoms. The normalized spacial score (nSPS) is 13.0. The zero-order valence-electron chi connectivity index (χ0n) is 15.4. The van der Waals surface area contributed by atoms with Crippen molar-refractivity contribution in [3.8, 4) is 11.1 Å². The number of hydrogen-bond acceptors (Lipinski definition) is 5. The highest BCUT2D eigenvalue weighted by atomic mass is 32.2. The third kappa shape index (κ3) is 4.78. The number of amides is 1. The number of hydrogen-bond donors (Lipinski definition) is 3. The molecule has 28 heavy (non-hydrogen) atoms. The van der Waals surface area contributed by atoms with E-state index in [9.17, 15) is 15.0 Å². The Labute approximate surface area is 168 Å². The largest absolute Gasteiger partial charge is 0.394 e. The van der Waals surface area contributed by atoms with Crippen LogP contribution in [0.3, 0.4) is 0 Å². The third-order valence-electron chi connectivity index (χ3n) is 4.51. The number of aliphatic hydroxyl groups is 2. The summed E-state index contributed by atoms with van der Waals surface area (Å²) in [7, 11) is 0. The molecule has 2 aromatic carbocycles. The van der Waals surface area contributed by atoms with E-state index in [0.29, 0.717) is 11.1 Å². The average Bonchev–Trinajstić information content (AvgIpc) is 2.77. The zero-order valence-corrected chi connectivity index (χ0v) is 16.3. The quantitative estimate of drug-likeness (QED) is 0.536. The van der Waals surface area contributed by atoms with E-state index in [2.05, 4.69) is 10.3 Å². The predicted octanol–water partition coefficient (Wildman–Crippen LogP) is 3.29. The maximum Gasteiger partial charge on any atom is 0.251 e. The second-order valence-corrected chi connectivity index (χ2v) is 7.17. The molecule has 1 heterocycles. The highest BCUT2D eigenvalue weighted by Gasteiger charge is 2.22. The van der Waals surface area contributed by atoms with E-state index in [1.54, 1.807) is 48.4 Å². The van der Waals surface area contributed by atoms with Crippen LogP contribution in [0.25, 0.3) is 11.1 Å². The summed E-state index contributed by atoms with van der Waals surface area (Å²) in [6.07, 6.45) is 4.41. The molecular formula is C22H22N2O3S. The van der Waals surface area contributed by atoms with Crippen LogP contribution < -0.4 is 5.32 Å². The third-order valence-corrected chi connectivity index (χ3v) is 5.26. The van der Waals surface area contributed by atoms with Gasteiger partial charge < -0.3 is 15.5 Å². The minimum atomic E-state index is -0.999. The molecule has 0 saturated carbocycles. The summed E-state index contributed by atoms with van der Waals surface area (Å²) in [6.45, 7) is -0.369. The summed E-state index contributed by atoms with van der Waals surface area (Å²) in [5, 5.41) is 22.9. The topological polar surface area (TPSA) is 82.5 Å². The first-order valence-electron chi connectivity index (χ1n) is 8.86. The van der Waals surface area contributed by atoms with Gasteiger partial charge in [0.2, 0.25) is 0 Å². The number of carbonyl (C=O) groups is 1. The van der Waals surface area contributed by atoms with E-state index in [1.807, 2.05) is 42.7 Å². The molecule has 0 unspecified atom stereocenters. The molecule has 3 rings (SSSR count). The number of aliphatic hydroxyl groups excluding tert-OH is 2. The van der Waals surface area contributed by atoms with Crippen molar-refractivity contribution in [2.24, 2.45) is 0 Å². The fourth-order valence-electron chi connectivity index (χ4n) is 2.87. The highest BCUT2D eigenvalue weighted by Crippen LogP contribution is 2.22. The van der Waals surface area contributed by atoms with Gasteiger partial charge in [0.1, 0.15) is 6.10 Å². The molecule has 0 aliphatic carbocycles. The predicted molar refractivity (Wildman–Crippen MR) is 111 cm³/mol. The lowest BCUT2D eigenvalue weighted by molar-refractivity contribution is 0.0703. The minimum absolute atomic E-state index is 0.347. The van der Waals surface area contributed by atoms with Gasteiger partial charge in [-0.25, -0.2) is 0 Å². The highest BCUT2D eigenvalue weighted by molar-refractivity contribution is 7.98. The van der Waals surface area contributed by atoms with Crippen molar-refractivity contribution < 1.29 is 15.0 Å². The van der Waals surface area contributed by atoms with Crippen LogP contribution in [-0.2, 0) is 0 Å². The molecular weight excluding hydrogens is 372 g/mol. The molecule has 1 aromatic heterocycles. The lowest BCUT2D eigenvalue weighted by Crippen LogP contribution is -2.41. The van der Waals surface area contributed by atoms with Gasteiger partial charge in [0.15, 0.2) is 0 Å². The number of aromatic nitrogens is 1. The van der Waals surface area contributed by atoms with Crippen LogP contribution in [0.1, 0.15) is 22.0 Å². The summed E-state index contributed by atoms with van der Waals surface area (Å²) < 4.78 is 0. The summed E-state index contributed by atoms with van der Waals surface area (Å²) in [4.78, 5) is 17.6. The smallest absolute Gasteiger partial charge is 0.251 e. The van der Waals surface area contributed by atoms with Gasteiger partial charge in [0, 0.05) is 22.9 Å². The van der Waals surface area contributed by atoms with E-state index in [0.717, 1.165) is 16.0 Å². The van der Waals surface area contributed by atoms with Crippen molar-refractivity contribution in [1.29, 1.82) is 0 Å². The Morgan fingerprint density at radius 2 is 1.61 bits per heavy atom. The van der Waals surface area contributed by atoms with Crippen LogP contribution in [0.4, 0.5) is 0 Å². The summed E-state index contributed by atoms with van der Waals surface area (Å²) in [5.41, 5.74) is 3.09. The van der Waals surface area contributed by atoms with Crippen molar-refractivity contribution in [3.05, 3.63) is 84.2 Å². The number of benzene rings is 2. The Bertz CT molecular complexity index is 899. The lowest BCUT2D eigenvalue weighted by Gasteiger charge is -2.23. The number of rotatable bonds is 7. The van der Waals surface area contributed by atoms with Gasteiger partial charge in [-0.2, -0.15) is 0 Å². The minimum Gasteiger partial charge on any atom is -0.394 e. The molecule has 0 aliphatic rings. The molecule has 0 fully saturated rings. The zero-order chi connectivity index (χ0) is 19.9. The molecule has 0 saturated heterocycles. The van der Waals surface area contributed by atoms with Crippen LogP contribution >= 0.6 is 11.8 Å². The summed E-state index contributed by atoms with van der Waals surface area (Å²) >= 11 is 1.61. The van der Waals surface area contributed by atoms with Crippen molar-refractivity contribution in [3.63, 3.8) is 0 Å². The average molecular weight is 394 g/mol. The lowest BCUT2D eigenvalue weighted by atomic mass is 10.0. The first-order valence-corrected chi connectivity index (χ1v) is 10.1. The number of thioether (sulfide) groups is 1. The van der Waals surface area contributed by atoms with E-state index < -0.39 is 12.1 Å². The van der Waals surface area contributed by atoms with Gasteiger partial charge in [0.05, 0.1) is 12.6 Å². The molecule has 0 aliphatic heterocycles. The Kier molecular flexibility index (Phi) is 6.81. The fraction of sp³-hybridized carbons (Fsp3) is 0.182. The Morgan fingerprint density at radius 3 is 2.18 bits per heavy atom. The Hall–Kier alpha value is -2.67. The first kappa shape index (κ1) is 20.1. The van der Waals surface area contributed by atoms with E-state index >= 15 is 0 Å². The second kappa shape index (κ2) is 9.50. The van der Waals surface area contributed by atoms with Crippen LogP contribution in [0.15, 0.2) is 78.0 Å². The maximum atomic E-state index is 12.6. The fourth-order valence-corrected chi connectivity index (χ4v) is 3.28. The summed E-state index contributed by atoms with van der Waals surface area (Å²) in [5.74, 6) is -0.347. The maximum absolute atomic E-state index is 12.6. The van der Waals surface area contributed by atoms with Gasteiger partial charge in [-0.15, -0.1) is 11.8 Å². The molecule has 144 valence electrons. The van der Waals surface area contributed by atoms with Crippen LogP contribution in [0, 0.1) is 0 Å². The molecule has 3 N–H and O–H groups in total. The van der Waals surface area contributed by atoms with Crippen molar-refractivity contribution in [2.45, 2.75) is 17.0 Å². The van der Waals surface area contributed by atoms with Crippen molar-refractivity contribution in [1.82, 2.24) is 10.3 Å². The number of nitrogens with zero attached hydrogens (tertiary/aromatic N) is 1. The van der Waals surface area contributed by atoms with Gasteiger partial charge in [-0.05, 0) is 59.3 Å².